The fourth-order valence-corrected chi connectivity index (χ4v) is 2.70. The minimum atomic E-state index is -0.0770. The summed E-state index contributed by atoms with van der Waals surface area (Å²) in [5.41, 5.74) is 2.31. The predicted molar refractivity (Wildman–Crippen MR) is 78.6 cm³/mol. The van der Waals surface area contributed by atoms with Gasteiger partial charge < -0.3 is 5.11 Å². The maximum atomic E-state index is 8.73. The standard InChI is InChI=1S/C17H23NO/c1-14(2)17-8-9-18(13-17)12-16-6-3-5-15(11-16)7-4-10-19/h3,5-6,11,14,17,19H,8-10,12-13H2,1-2H3. The lowest BCUT2D eigenvalue weighted by molar-refractivity contribution is 0.297. The van der Waals surface area contributed by atoms with E-state index in [1.807, 2.05) is 12.1 Å². The van der Waals surface area contributed by atoms with Crippen molar-refractivity contribution < 1.29 is 5.11 Å². The van der Waals surface area contributed by atoms with Crippen LogP contribution in [0.2, 0.25) is 0 Å². The van der Waals surface area contributed by atoms with E-state index in [4.69, 9.17) is 5.11 Å². The van der Waals surface area contributed by atoms with Gasteiger partial charge in [0.15, 0.2) is 0 Å². The molecule has 1 unspecified atom stereocenters. The maximum absolute atomic E-state index is 8.73. The van der Waals surface area contributed by atoms with E-state index in [2.05, 4.69) is 42.7 Å². The summed E-state index contributed by atoms with van der Waals surface area (Å²) in [7, 11) is 0. The largest absolute Gasteiger partial charge is 0.384 e. The zero-order chi connectivity index (χ0) is 13.7. The number of benzene rings is 1. The van der Waals surface area contributed by atoms with Crippen LogP contribution in [0.1, 0.15) is 31.4 Å². The maximum Gasteiger partial charge on any atom is 0.104 e. The number of likely N-dealkylation sites (tertiary alicyclic amines) is 1. The molecule has 1 heterocycles. The molecule has 1 fully saturated rings. The Morgan fingerprint density at radius 2 is 2.26 bits per heavy atom. The molecule has 2 rings (SSSR count). The summed E-state index contributed by atoms with van der Waals surface area (Å²) >= 11 is 0. The molecular formula is C17H23NO. The minimum absolute atomic E-state index is 0.0770. The van der Waals surface area contributed by atoms with Crippen molar-refractivity contribution in [2.45, 2.75) is 26.8 Å². The topological polar surface area (TPSA) is 23.5 Å². The fourth-order valence-electron chi connectivity index (χ4n) is 2.70. The second kappa shape index (κ2) is 6.75. The van der Waals surface area contributed by atoms with E-state index in [1.165, 1.54) is 25.1 Å². The van der Waals surface area contributed by atoms with Crippen LogP contribution in [0.3, 0.4) is 0 Å². The van der Waals surface area contributed by atoms with Crippen LogP contribution in [-0.2, 0) is 6.54 Å². The molecule has 1 aromatic carbocycles. The first-order valence-electron chi connectivity index (χ1n) is 7.10. The summed E-state index contributed by atoms with van der Waals surface area (Å²) < 4.78 is 0. The van der Waals surface area contributed by atoms with Crippen molar-refractivity contribution in [1.82, 2.24) is 4.90 Å². The molecule has 2 heteroatoms. The number of hydrogen-bond acceptors (Lipinski definition) is 2. The molecule has 0 saturated carbocycles. The van der Waals surface area contributed by atoms with Crippen LogP contribution in [0, 0.1) is 23.7 Å². The second-order valence-corrected chi connectivity index (χ2v) is 5.69. The van der Waals surface area contributed by atoms with E-state index in [-0.39, 0.29) is 6.61 Å². The van der Waals surface area contributed by atoms with E-state index in [1.54, 1.807) is 0 Å². The Balaban J connectivity index is 1.96. The van der Waals surface area contributed by atoms with Crippen LogP contribution in [-0.4, -0.2) is 29.7 Å². The normalized spacial score (nSPS) is 19.5. The van der Waals surface area contributed by atoms with Gasteiger partial charge >= 0.3 is 0 Å². The highest BCUT2D eigenvalue weighted by atomic mass is 16.2. The smallest absolute Gasteiger partial charge is 0.104 e. The minimum Gasteiger partial charge on any atom is -0.384 e. The second-order valence-electron chi connectivity index (χ2n) is 5.69. The molecule has 1 aliphatic heterocycles. The van der Waals surface area contributed by atoms with Crippen LogP contribution >= 0.6 is 0 Å². The van der Waals surface area contributed by atoms with Gasteiger partial charge in [-0.1, -0.05) is 37.8 Å². The molecule has 2 nitrogen and oxygen atoms in total. The molecule has 1 N–H and O–H groups in total. The van der Waals surface area contributed by atoms with Gasteiger partial charge in [-0.25, -0.2) is 0 Å². The third-order valence-electron chi connectivity index (χ3n) is 3.90. The highest BCUT2D eigenvalue weighted by molar-refractivity contribution is 5.37. The molecule has 102 valence electrons. The number of aliphatic hydroxyl groups excluding tert-OH is 1. The van der Waals surface area contributed by atoms with Crippen LogP contribution in [0.25, 0.3) is 0 Å². The molecule has 0 bridgehead atoms. The molecule has 19 heavy (non-hydrogen) atoms. The van der Waals surface area contributed by atoms with E-state index >= 15 is 0 Å². The first kappa shape index (κ1) is 14.1. The Morgan fingerprint density at radius 3 is 2.95 bits per heavy atom. The molecule has 1 saturated heterocycles. The van der Waals surface area contributed by atoms with Crippen LogP contribution in [0.4, 0.5) is 0 Å². The van der Waals surface area contributed by atoms with E-state index in [0.717, 1.165) is 23.9 Å². The van der Waals surface area contributed by atoms with Gasteiger partial charge in [-0.2, -0.15) is 0 Å². The van der Waals surface area contributed by atoms with Crippen LogP contribution < -0.4 is 0 Å². The van der Waals surface area contributed by atoms with Crippen molar-refractivity contribution in [3.63, 3.8) is 0 Å². The zero-order valence-corrected chi connectivity index (χ0v) is 11.9. The lowest BCUT2D eigenvalue weighted by Crippen LogP contribution is -2.21. The molecule has 1 aliphatic rings. The van der Waals surface area contributed by atoms with Gasteiger partial charge in [0.05, 0.1) is 0 Å². The van der Waals surface area contributed by atoms with Crippen molar-refractivity contribution in [1.29, 1.82) is 0 Å². The number of hydrogen-bond donors (Lipinski definition) is 1. The van der Waals surface area contributed by atoms with Crippen LogP contribution in [0.5, 0.6) is 0 Å². The number of rotatable bonds is 3. The third-order valence-corrected chi connectivity index (χ3v) is 3.90. The van der Waals surface area contributed by atoms with E-state index in [0.29, 0.717) is 0 Å². The molecule has 0 aromatic heterocycles. The van der Waals surface area contributed by atoms with Crippen molar-refractivity contribution in [3.8, 4) is 11.8 Å². The Kier molecular flexibility index (Phi) is 5.01. The third kappa shape index (κ3) is 4.09. The summed E-state index contributed by atoms with van der Waals surface area (Å²) in [5, 5.41) is 8.73. The monoisotopic (exact) mass is 257 g/mol. The summed E-state index contributed by atoms with van der Waals surface area (Å²) in [6.07, 6.45) is 1.32. The highest BCUT2D eigenvalue weighted by Gasteiger charge is 2.24. The lowest BCUT2D eigenvalue weighted by atomic mass is 9.95. The molecule has 0 amide bonds. The Hall–Kier alpha value is -1.30. The molecule has 0 spiro atoms. The van der Waals surface area contributed by atoms with Gasteiger partial charge in [0, 0.05) is 18.7 Å². The van der Waals surface area contributed by atoms with E-state index < -0.39 is 0 Å². The van der Waals surface area contributed by atoms with Crippen molar-refractivity contribution in [3.05, 3.63) is 35.4 Å². The average Bonchev–Trinajstić information content (AvgIpc) is 2.85. The first-order chi connectivity index (χ1) is 9.19. The van der Waals surface area contributed by atoms with Crippen LogP contribution in [0.15, 0.2) is 24.3 Å². The molecule has 0 aliphatic carbocycles. The average molecular weight is 257 g/mol. The van der Waals surface area contributed by atoms with Gasteiger partial charge in [-0.05, 0) is 42.5 Å². The van der Waals surface area contributed by atoms with Gasteiger partial charge in [0.1, 0.15) is 6.61 Å². The zero-order valence-electron chi connectivity index (χ0n) is 11.9. The fraction of sp³-hybridized carbons (Fsp3) is 0.529. The van der Waals surface area contributed by atoms with E-state index in [9.17, 15) is 0 Å². The Labute approximate surface area is 116 Å². The van der Waals surface area contributed by atoms with Gasteiger partial charge in [-0.3, -0.25) is 4.90 Å². The molecule has 1 aromatic rings. The van der Waals surface area contributed by atoms with Gasteiger partial charge in [-0.15, -0.1) is 0 Å². The molecule has 0 radical (unpaired) electrons. The SMILES string of the molecule is CC(C)C1CCN(Cc2cccc(C#CCO)c2)C1. The Morgan fingerprint density at radius 1 is 1.42 bits per heavy atom. The molecular weight excluding hydrogens is 234 g/mol. The predicted octanol–water partition coefficient (Wildman–Crippen LogP) is 2.51. The van der Waals surface area contributed by atoms with Crippen molar-refractivity contribution in [2.24, 2.45) is 11.8 Å². The van der Waals surface area contributed by atoms with Gasteiger partial charge in [0.25, 0.3) is 0 Å². The van der Waals surface area contributed by atoms with Gasteiger partial charge in [0.2, 0.25) is 0 Å². The summed E-state index contributed by atoms with van der Waals surface area (Å²) in [5.74, 6) is 7.30. The number of aliphatic hydroxyl groups is 1. The van der Waals surface area contributed by atoms with Crippen molar-refractivity contribution >= 4 is 0 Å². The summed E-state index contributed by atoms with van der Waals surface area (Å²) in [6.45, 7) is 7.99. The summed E-state index contributed by atoms with van der Waals surface area (Å²) in [4.78, 5) is 2.53. The Bertz CT molecular complexity index is 470. The van der Waals surface area contributed by atoms with Crippen molar-refractivity contribution in [2.75, 3.05) is 19.7 Å². The highest BCUT2D eigenvalue weighted by Crippen LogP contribution is 2.24. The number of nitrogens with zero attached hydrogens (tertiary/aromatic N) is 1. The molecule has 1 atom stereocenters. The first-order valence-corrected chi connectivity index (χ1v) is 7.10. The summed E-state index contributed by atoms with van der Waals surface area (Å²) in [6, 6.07) is 8.33. The lowest BCUT2D eigenvalue weighted by Gasteiger charge is -2.18. The quantitative estimate of drug-likeness (QED) is 0.841.